The van der Waals surface area contributed by atoms with E-state index in [4.69, 9.17) is 5.73 Å². The van der Waals surface area contributed by atoms with E-state index in [1.165, 1.54) is 6.92 Å². The SMILES string of the molecule is CCOC(=O)C(C(=O)OCC)=C(C)NC(N)=O. The van der Waals surface area contributed by atoms with E-state index < -0.39 is 18.0 Å². The molecule has 0 aromatic rings. The van der Waals surface area contributed by atoms with Crippen LogP contribution in [-0.4, -0.2) is 31.2 Å². The lowest BCUT2D eigenvalue weighted by molar-refractivity contribution is -0.146. The Balaban J connectivity index is 5.14. The molecule has 0 aliphatic rings. The zero-order valence-electron chi connectivity index (χ0n) is 10.0. The van der Waals surface area contributed by atoms with E-state index in [1.54, 1.807) is 13.8 Å². The molecule has 0 radical (unpaired) electrons. The normalized spacial score (nSPS) is 9.12. The highest BCUT2D eigenvalue weighted by atomic mass is 16.6. The number of esters is 2. The number of ether oxygens (including phenoxy) is 2. The Labute approximate surface area is 98.9 Å². The molecule has 3 N–H and O–H groups in total. The Morgan fingerprint density at radius 2 is 1.47 bits per heavy atom. The van der Waals surface area contributed by atoms with Crippen molar-refractivity contribution in [3.63, 3.8) is 0 Å². The molecule has 7 nitrogen and oxygen atoms in total. The van der Waals surface area contributed by atoms with E-state index in [0.29, 0.717) is 0 Å². The van der Waals surface area contributed by atoms with Gasteiger partial charge in [0.15, 0.2) is 5.57 Å². The maximum Gasteiger partial charge on any atom is 0.347 e. The Hall–Kier alpha value is -2.05. The summed E-state index contributed by atoms with van der Waals surface area (Å²) in [5.74, 6) is -1.73. The molecular formula is C10H16N2O5. The number of carbonyl (C=O) groups is 3. The fraction of sp³-hybridized carbons (Fsp3) is 0.500. The minimum Gasteiger partial charge on any atom is -0.462 e. The number of amides is 2. The molecular weight excluding hydrogens is 228 g/mol. The summed E-state index contributed by atoms with van der Waals surface area (Å²) in [6.45, 7) is 4.75. The van der Waals surface area contributed by atoms with Gasteiger partial charge in [-0.15, -0.1) is 0 Å². The molecule has 96 valence electrons. The fourth-order valence-corrected chi connectivity index (χ4v) is 1.04. The Kier molecular flexibility index (Phi) is 6.39. The monoisotopic (exact) mass is 244 g/mol. The Bertz CT molecular complexity index is 329. The number of urea groups is 1. The largest absolute Gasteiger partial charge is 0.462 e. The van der Waals surface area contributed by atoms with Crippen molar-refractivity contribution in [2.75, 3.05) is 13.2 Å². The first-order valence-corrected chi connectivity index (χ1v) is 5.05. The molecule has 0 saturated heterocycles. The van der Waals surface area contributed by atoms with Crippen LogP contribution in [0.4, 0.5) is 4.79 Å². The summed E-state index contributed by atoms with van der Waals surface area (Å²) in [4.78, 5) is 33.7. The maximum absolute atomic E-state index is 11.5. The van der Waals surface area contributed by atoms with Gasteiger partial charge in [0.25, 0.3) is 0 Å². The standard InChI is InChI=1S/C10H16N2O5/c1-4-16-8(13)7(9(14)17-5-2)6(3)12-10(11)15/h4-5H2,1-3H3,(H3,11,12,15). The second-order valence-corrected chi connectivity index (χ2v) is 2.93. The molecule has 0 aromatic heterocycles. The van der Waals surface area contributed by atoms with Crippen LogP contribution in [0.5, 0.6) is 0 Å². The molecule has 0 rings (SSSR count). The molecule has 17 heavy (non-hydrogen) atoms. The number of rotatable bonds is 5. The lowest BCUT2D eigenvalue weighted by Gasteiger charge is -2.10. The highest BCUT2D eigenvalue weighted by Gasteiger charge is 2.24. The number of hydrogen-bond donors (Lipinski definition) is 2. The smallest absolute Gasteiger partial charge is 0.347 e. The van der Waals surface area contributed by atoms with Crippen LogP contribution < -0.4 is 11.1 Å². The van der Waals surface area contributed by atoms with Crippen LogP contribution in [-0.2, 0) is 19.1 Å². The molecule has 7 heteroatoms. The molecule has 0 aromatic carbocycles. The molecule has 2 amide bonds. The van der Waals surface area contributed by atoms with Crippen LogP contribution in [0, 0.1) is 0 Å². The first kappa shape index (κ1) is 14.9. The average Bonchev–Trinajstić information content (AvgIpc) is 2.17. The van der Waals surface area contributed by atoms with Crippen molar-refractivity contribution < 1.29 is 23.9 Å². The first-order chi connectivity index (χ1) is 7.93. The molecule has 0 aliphatic carbocycles. The van der Waals surface area contributed by atoms with Gasteiger partial charge in [-0.3, -0.25) is 0 Å². The van der Waals surface area contributed by atoms with Crippen molar-refractivity contribution in [2.24, 2.45) is 5.73 Å². The van der Waals surface area contributed by atoms with E-state index in [9.17, 15) is 14.4 Å². The summed E-state index contributed by atoms with van der Waals surface area (Å²) in [6, 6.07) is -0.881. The van der Waals surface area contributed by atoms with Crippen LogP contribution in [0.15, 0.2) is 11.3 Å². The summed E-state index contributed by atoms with van der Waals surface area (Å²) < 4.78 is 9.37. The van der Waals surface area contributed by atoms with Crippen molar-refractivity contribution >= 4 is 18.0 Å². The average molecular weight is 244 g/mol. The van der Waals surface area contributed by atoms with Gasteiger partial charge in [-0.1, -0.05) is 0 Å². The van der Waals surface area contributed by atoms with Crippen molar-refractivity contribution in [1.82, 2.24) is 5.32 Å². The van der Waals surface area contributed by atoms with Crippen molar-refractivity contribution in [3.8, 4) is 0 Å². The fourth-order valence-electron chi connectivity index (χ4n) is 1.04. The summed E-state index contributed by atoms with van der Waals surface area (Å²) in [5.41, 5.74) is 4.52. The van der Waals surface area contributed by atoms with E-state index in [-0.39, 0.29) is 24.5 Å². The van der Waals surface area contributed by atoms with E-state index in [1.807, 2.05) is 0 Å². The quantitative estimate of drug-likeness (QED) is 0.307. The Morgan fingerprint density at radius 3 is 1.76 bits per heavy atom. The predicted molar refractivity (Wildman–Crippen MR) is 58.7 cm³/mol. The molecule has 0 bridgehead atoms. The molecule has 0 atom stereocenters. The van der Waals surface area contributed by atoms with Gasteiger partial charge in [-0.2, -0.15) is 0 Å². The molecule has 0 unspecified atom stereocenters. The van der Waals surface area contributed by atoms with Gasteiger partial charge in [-0.25, -0.2) is 14.4 Å². The minimum atomic E-state index is -0.881. The van der Waals surface area contributed by atoms with E-state index in [2.05, 4.69) is 14.8 Å². The highest BCUT2D eigenvalue weighted by Crippen LogP contribution is 2.07. The Morgan fingerprint density at radius 1 is 1.06 bits per heavy atom. The lowest BCUT2D eigenvalue weighted by atomic mass is 10.2. The molecule has 0 saturated carbocycles. The van der Waals surface area contributed by atoms with Gasteiger partial charge in [-0.05, 0) is 20.8 Å². The molecule has 0 aliphatic heterocycles. The topological polar surface area (TPSA) is 108 Å². The summed E-state index contributed by atoms with van der Waals surface area (Å²) >= 11 is 0. The number of nitrogens with two attached hydrogens (primary N) is 1. The third-order valence-corrected chi connectivity index (χ3v) is 1.64. The van der Waals surface area contributed by atoms with E-state index >= 15 is 0 Å². The number of carbonyl (C=O) groups excluding carboxylic acids is 3. The van der Waals surface area contributed by atoms with Gasteiger partial charge in [0.1, 0.15) is 0 Å². The first-order valence-electron chi connectivity index (χ1n) is 5.05. The van der Waals surface area contributed by atoms with E-state index in [0.717, 1.165) is 0 Å². The van der Waals surface area contributed by atoms with Crippen molar-refractivity contribution in [3.05, 3.63) is 11.3 Å². The predicted octanol–water partition coefficient (Wildman–Crippen LogP) is 0.0549. The van der Waals surface area contributed by atoms with Crippen LogP contribution in [0.2, 0.25) is 0 Å². The summed E-state index contributed by atoms with van der Waals surface area (Å²) in [7, 11) is 0. The molecule has 0 fully saturated rings. The third-order valence-electron chi connectivity index (χ3n) is 1.64. The summed E-state index contributed by atoms with van der Waals surface area (Å²) in [5, 5.41) is 2.14. The second-order valence-electron chi connectivity index (χ2n) is 2.93. The van der Waals surface area contributed by atoms with Crippen LogP contribution in [0.3, 0.4) is 0 Å². The van der Waals surface area contributed by atoms with Crippen LogP contribution in [0.25, 0.3) is 0 Å². The van der Waals surface area contributed by atoms with Gasteiger partial charge in [0.2, 0.25) is 0 Å². The van der Waals surface area contributed by atoms with Gasteiger partial charge in [0.05, 0.1) is 13.2 Å². The maximum atomic E-state index is 11.5. The highest BCUT2D eigenvalue weighted by molar-refractivity contribution is 6.14. The van der Waals surface area contributed by atoms with Gasteiger partial charge >= 0.3 is 18.0 Å². The van der Waals surface area contributed by atoms with Crippen molar-refractivity contribution in [1.29, 1.82) is 0 Å². The summed E-state index contributed by atoms with van der Waals surface area (Å²) in [6.07, 6.45) is 0. The number of hydrogen-bond acceptors (Lipinski definition) is 5. The zero-order valence-corrected chi connectivity index (χ0v) is 10.0. The van der Waals surface area contributed by atoms with Gasteiger partial charge < -0.3 is 20.5 Å². The molecule has 0 heterocycles. The van der Waals surface area contributed by atoms with Crippen molar-refractivity contribution in [2.45, 2.75) is 20.8 Å². The van der Waals surface area contributed by atoms with Crippen LogP contribution >= 0.6 is 0 Å². The van der Waals surface area contributed by atoms with Crippen LogP contribution in [0.1, 0.15) is 20.8 Å². The third kappa shape index (κ3) is 5.01. The number of primary amides is 1. The lowest BCUT2D eigenvalue weighted by Crippen LogP contribution is -2.32. The second kappa shape index (κ2) is 7.26. The molecule has 0 spiro atoms. The number of nitrogens with one attached hydrogen (secondary N) is 1. The van der Waals surface area contributed by atoms with Gasteiger partial charge in [0, 0.05) is 5.70 Å². The minimum absolute atomic E-state index is 0.00519. The zero-order chi connectivity index (χ0) is 13.4. The number of allylic oxidation sites excluding steroid dienone is 1.